The van der Waals surface area contributed by atoms with Crippen molar-refractivity contribution >= 4 is 39.4 Å². The Morgan fingerprint density at radius 3 is 1.44 bits per heavy atom. The molecule has 0 spiro atoms. The van der Waals surface area contributed by atoms with Crippen LogP contribution in [-0.4, -0.2) is 95.5 Å². The molecule has 79 heavy (non-hydrogen) atoms. The summed E-state index contributed by atoms with van der Waals surface area (Å²) in [5.41, 5.74) is 0.988. The number of carbonyl (C=O) groups is 2. The Balaban J connectivity index is 0.000000291. The summed E-state index contributed by atoms with van der Waals surface area (Å²) in [5.74, 6) is 0.0937. The fraction of sp³-hybridized carbons (Fsp3) is 0.633. The van der Waals surface area contributed by atoms with Crippen molar-refractivity contribution in [1.29, 1.82) is 0 Å². The predicted octanol–water partition coefficient (Wildman–Crippen LogP) is 6.87. The second-order valence-corrected chi connectivity index (χ2v) is 36.2. The molecule has 0 aliphatic carbocycles. The Labute approximate surface area is 469 Å². The first kappa shape index (κ1) is 64.8. The normalized spacial score (nSPS) is 20.1. The first-order valence-corrected chi connectivity index (χ1v) is 31.9. The molecule has 2 amide bonds. The zero-order valence-electron chi connectivity index (χ0n) is 50.1. The van der Waals surface area contributed by atoms with E-state index in [9.17, 15) is 39.0 Å². The summed E-state index contributed by atoms with van der Waals surface area (Å²) in [6.07, 6.45) is 3.38. The van der Waals surface area contributed by atoms with Crippen molar-refractivity contribution < 1.29 is 33.4 Å². The molecular weight excluding hydrogens is 1040 g/mol. The van der Waals surface area contributed by atoms with Crippen molar-refractivity contribution in [2.75, 3.05) is 19.7 Å². The van der Waals surface area contributed by atoms with Gasteiger partial charge in [-0.3, -0.25) is 37.4 Å². The number of amides is 2. The van der Waals surface area contributed by atoms with Crippen molar-refractivity contribution in [2.45, 2.75) is 220 Å². The monoisotopic (exact) mass is 1130 g/mol. The van der Waals surface area contributed by atoms with Gasteiger partial charge in [-0.1, -0.05) is 151 Å². The van der Waals surface area contributed by atoms with Crippen LogP contribution in [0.4, 0.5) is 4.11 Å². The highest BCUT2D eigenvalue weighted by atomic mass is 28.4. The molecule has 4 heterocycles. The zero-order chi connectivity index (χ0) is 59.2. The fourth-order valence-electron chi connectivity index (χ4n) is 12.3. The van der Waals surface area contributed by atoms with Gasteiger partial charge < -0.3 is 34.4 Å². The number of aliphatic hydroxyl groups is 2. The minimum atomic E-state index is -3.37. The molecule has 16 nitrogen and oxygen atoms in total. The van der Waals surface area contributed by atoms with E-state index in [2.05, 4.69) is 90.3 Å². The third-order valence-corrected chi connectivity index (χ3v) is 25.4. The molecule has 6 atom stereocenters. The molecule has 0 bridgehead atoms. The summed E-state index contributed by atoms with van der Waals surface area (Å²) in [4.78, 5) is 76.7. The number of hydrogen-bond acceptors (Lipinski definition) is 10. The number of nitrogens with one attached hydrogen (secondary N) is 2. The summed E-state index contributed by atoms with van der Waals surface area (Å²) >= 11 is 0. The van der Waals surface area contributed by atoms with Crippen molar-refractivity contribution in [2.24, 2.45) is 5.92 Å². The smallest absolute Gasteiger partial charge is 0.333 e. The molecule has 2 saturated heterocycles. The van der Waals surface area contributed by atoms with Crippen LogP contribution >= 0.6 is 0 Å². The molecule has 4 aromatic rings. The molecule has 2 aliphatic heterocycles. The van der Waals surface area contributed by atoms with Crippen LogP contribution in [0.5, 0.6) is 0 Å². The van der Waals surface area contributed by atoms with Crippen LogP contribution in [0, 0.1) is 19.8 Å². The number of carbonyl (C=O) groups excluding carboxylic acids is 2. The first-order valence-electron chi connectivity index (χ1n) is 28.3. The van der Waals surface area contributed by atoms with Gasteiger partial charge in [0.2, 0.25) is 11.8 Å². The number of hydrogen-bond donors (Lipinski definition) is 4. The lowest BCUT2D eigenvalue weighted by Crippen LogP contribution is -2.57. The standard InChI is InChI=1S/C31H49N3O4Si.C29H44FN3O6Si/c1-10-25-21(2)18-27(38-25)34-20-22(3)28(36)33(29(34)37)17-11-16-32-26(35)19-23-12-14-24(15-13-23)39(30(4,5)6)31(7,8)9;1-19-17-33(25-16-22(35)23(18-34)39-25)27(38)32(26(19)37)14-8-13-31-24(36)15-20-9-11-21(12-10-20)40(30,28(2,3)4)29(5,6)7/h12-15,20-21,25,27,39H,10-11,16-19H2,1-9H3,(H,32,35);9-12,17,22-23,25,34-35H,8,13-16,18H2,1-7H3,(H,31,36)/t21-,25+,27?;22-,23+,25?/m00/s1/i;30-1. The number of benzene rings is 2. The maximum Gasteiger partial charge on any atom is 0.333 e. The van der Waals surface area contributed by atoms with Crippen LogP contribution in [0.1, 0.15) is 164 Å². The second kappa shape index (κ2) is 26.2. The van der Waals surface area contributed by atoms with Crippen LogP contribution in [0.3, 0.4) is 0 Å². The van der Waals surface area contributed by atoms with Crippen LogP contribution in [-0.2, 0) is 45.0 Å². The summed E-state index contributed by atoms with van der Waals surface area (Å²) in [5, 5.41) is 26.8. The van der Waals surface area contributed by atoms with Gasteiger partial charge in [-0.25, -0.2) is 9.59 Å². The van der Waals surface area contributed by atoms with E-state index in [1.807, 2.05) is 65.8 Å². The summed E-state index contributed by atoms with van der Waals surface area (Å²) in [6.45, 7) is 33.9. The Kier molecular flexibility index (Phi) is 21.5. The van der Waals surface area contributed by atoms with Gasteiger partial charge in [0, 0.05) is 56.1 Å². The zero-order valence-corrected chi connectivity index (χ0v) is 52.3. The lowest BCUT2D eigenvalue weighted by molar-refractivity contribution is -0.121. The summed E-state index contributed by atoms with van der Waals surface area (Å²) in [6, 6.07) is 15.8. The highest BCUT2D eigenvalue weighted by Gasteiger charge is 2.56. The van der Waals surface area contributed by atoms with Crippen LogP contribution in [0.2, 0.25) is 20.2 Å². The molecule has 6 rings (SSSR count). The number of nitrogens with zero attached hydrogens (tertiary/aromatic N) is 4. The molecule has 0 saturated carbocycles. The average molecular weight is 1130 g/mol. The third kappa shape index (κ3) is 15.7. The summed E-state index contributed by atoms with van der Waals surface area (Å²) in [7, 11) is -4.65. The van der Waals surface area contributed by atoms with Gasteiger partial charge >= 0.3 is 11.4 Å². The van der Waals surface area contributed by atoms with E-state index in [4.69, 9.17) is 9.47 Å². The highest BCUT2D eigenvalue weighted by molar-refractivity contribution is 6.90. The molecule has 4 N–H and O–H groups in total. The molecule has 19 heteroatoms. The quantitative estimate of drug-likeness (QED) is 0.0463. The molecular formula is C60H93FN6O10Si2. The molecule has 2 aromatic heterocycles. The average Bonchev–Trinajstić information content (AvgIpc) is 3.98. The third-order valence-electron chi connectivity index (χ3n) is 15.6. The maximum absolute atomic E-state index is 16.5. The number of aliphatic hydroxyl groups excluding tert-OH is 2. The second-order valence-electron chi connectivity index (χ2n) is 26.3. The Morgan fingerprint density at radius 1 is 0.671 bits per heavy atom. The van der Waals surface area contributed by atoms with Gasteiger partial charge in [0.05, 0.1) is 40.5 Å². The van der Waals surface area contributed by atoms with E-state index >= 15 is 4.11 Å². The topological polar surface area (TPSA) is 205 Å². The largest absolute Gasteiger partial charge is 0.394 e. The molecule has 0 radical (unpaired) electrons. The maximum atomic E-state index is 16.5. The first-order chi connectivity index (χ1) is 36.6. The highest BCUT2D eigenvalue weighted by Crippen LogP contribution is 2.51. The lowest BCUT2D eigenvalue weighted by Gasteiger charge is -2.44. The van der Waals surface area contributed by atoms with E-state index in [1.54, 1.807) is 24.6 Å². The molecule has 2 fully saturated rings. The van der Waals surface area contributed by atoms with Gasteiger partial charge in [-0.05, 0) is 81.9 Å². The SMILES string of the molecule is CC[C@H]1OC(n2cc(C)c(=O)n(CCCNC(=O)Cc3ccc([SiH](C(C)(C)C)C(C)(C)C)cc3)c2=O)C[C@@H]1C.Cc1cn(C2C[C@H](O)[C@@H](CO)O2)c(=O)n(CCCNC(=O)Cc2ccc([Si]([18F])(C(C)(C)C)C(C)(C)C)cc2)c1=O. The molecule has 438 valence electrons. The van der Waals surface area contributed by atoms with E-state index in [1.165, 1.54) is 20.5 Å². The van der Waals surface area contributed by atoms with Gasteiger partial charge in [-0.2, -0.15) is 0 Å². The molecule has 2 unspecified atom stereocenters. The number of aryl methyl sites for hydroxylation is 2. The Morgan fingerprint density at radius 2 is 1.08 bits per heavy atom. The minimum Gasteiger partial charge on any atom is -0.394 e. The van der Waals surface area contributed by atoms with E-state index in [-0.39, 0.29) is 84.6 Å². The minimum absolute atomic E-state index is 0.0591. The van der Waals surface area contributed by atoms with E-state index in [0.29, 0.717) is 42.9 Å². The van der Waals surface area contributed by atoms with Crippen molar-refractivity contribution in [3.05, 3.63) is 125 Å². The van der Waals surface area contributed by atoms with Crippen LogP contribution in [0.15, 0.2) is 80.1 Å². The number of aromatic nitrogens is 4. The lowest BCUT2D eigenvalue weighted by atomic mass is 10.0. The van der Waals surface area contributed by atoms with Gasteiger partial charge in [0.25, 0.3) is 19.5 Å². The van der Waals surface area contributed by atoms with Crippen LogP contribution in [0.25, 0.3) is 0 Å². The van der Waals surface area contributed by atoms with Crippen molar-refractivity contribution in [3.63, 3.8) is 0 Å². The van der Waals surface area contributed by atoms with Crippen molar-refractivity contribution in [1.82, 2.24) is 28.9 Å². The summed E-state index contributed by atoms with van der Waals surface area (Å²) < 4.78 is 33.4. The Bertz CT molecular complexity index is 2930. The molecule has 2 aromatic carbocycles. The number of halogens is 1. The van der Waals surface area contributed by atoms with Crippen LogP contribution < -0.4 is 43.5 Å². The fourth-order valence-corrected chi connectivity index (χ4v) is 22.1. The van der Waals surface area contributed by atoms with E-state index < -0.39 is 57.0 Å². The molecule has 2 aliphatic rings. The van der Waals surface area contributed by atoms with E-state index in [0.717, 1.165) is 33.7 Å². The Hall–Kier alpha value is -5.06. The van der Waals surface area contributed by atoms with Gasteiger partial charge in [0.15, 0.2) is 0 Å². The van der Waals surface area contributed by atoms with Gasteiger partial charge in [-0.15, -0.1) is 0 Å². The number of rotatable bonds is 18. The van der Waals surface area contributed by atoms with Gasteiger partial charge in [0.1, 0.15) is 18.6 Å². The van der Waals surface area contributed by atoms with Crippen molar-refractivity contribution in [3.8, 4) is 0 Å². The predicted molar refractivity (Wildman–Crippen MR) is 317 cm³/mol. The number of ether oxygens (including phenoxy) is 2.